The highest BCUT2D eigenvalue weighted by Gasteiger charge is 2.42. The standard InChI is InChI=1S/C16H18FN3O2S/c17-12-4-1-10(2-5-12)9-22-16-15(18-23-19-16)13-6-3-11-7-20(13)8-14(11)21/h1-2,4-5,11,13-14,21H,3,6-9H2/t11-,13?,14+/m1/s1. The normalized spacial score (nSPS) is 29.7. The fraction of sp³-hybridized carbons (Fsp3) is 0.500. The second-order valence-electron chi connectivity index (χ2n) is 6.24. The summed E-state index contributed by atoms with van der Waals surface area (Å²) in [6, 6.07) is 6.43. The number of piperidine rings is 1. The zero-order valence-corrected chi connectivity index (χ0v) is 13.4. The number of hydrogen-bond donors (Lipinski definition) is 1. The van der Waals surface area contributed by atoms with Crippen molar-refractivity contribution in [2.75, 3.05) is 13.1 Å². The summed E-state index contributed by atoms with van der Waals surface area (Å²) in [7, 11) is 0. The minimum absolute atomic E-state index is 0.172. The van der Waals surface area contributed by atoms with Gasteiger partial charge in [-0.05, 0) is 36.5 Å². The second kappa shape index (κ2) is 6.14. The van der Waals surface area contributed by atoms with Gasteiger partial charge < -0.3 is 9.84 Å². The maximum Gasteiger partial charge on any atom is 0.251 e. The van der Waals surface area contributed by atoms with E-state index in [1.54, 1.807) is 12.1 Å². The number of halogens is 1. The van der Waals surface area contributed by atoms with Crippen molar-refractivity contribution >= 4 is 11.7 Å². The lowest BCUT2D eigenvalue weighted by molar-refractivity contribution is 0.144. The summed E-state index contributed by atoms with van der Waals surface area (Å²) >= 11 is 1.15. The van der Waals surface area contributed by atoms with Crippen LogP contribution < -0.4 is 4.74 Å². The Bertz CT molecular complexity index is 676. The fourth-order valence-corrected chi connectivity index (χ4v) is 4.06. The largest absolute Gasteiger partial charge is 0.471 e. The molecule has 1 N–H and O–H groups in total. The van der Waals surface area contributed by atoms with E-state index in [1.807, 2.05) is 0 Å². The van der Waals surface area contributed by atoms with E-state index >= 15 is 0 Å². The van der Waals surface area contributed by atoms with Crippen LogP contribution in [-0.2, 0) is 6.61 Å². The Morgan fingerprint density at radius 3 is 2.87 bits per heavy atom. The van der Waals surface area contributed by atoms with Crippen LogP contribution in [0, 0.1) is 11.7 Å². The monoisotopic (exact) mass is 335 g/mol. The van der Waals surface area contributed by atoms with Crippen molar-refractivity contribution in [2.45, 2.75) is 31.6 Å². The van der Waals surface area contributed by atoms with Crippen molar-refractivity contribution in [1.82, 2.24) is 13.6 Å². The lowest BCUT2D eigenvalue weighted by atomic mass is 9.93. The molecule has 5 nitrogen and oxygen atoms in total. The van der Waals surface area contributed by atoms with Gasteiger partial charge in [0, 0.05) is 13.1 Å². The van der Waals surface area contributed by atoms with Crippen LogP contribution in [-0.4, -0.2) is 37.9 Å². The Labute approximate surface area is 138 Å². The highest BCUT2D eigenvalue weighted by Crippen LogP contribution is 2.41. The molecule has 7 heteroatoms. The highest BCUT2D eigenvalue weighted by atomic mass is 32.1. The van der Waals surface area contributed by atoms with Gasteiger partial charge in [-0.3, -0.25) is 4.90 Å². The van der Waals surface area contributed by atoms with Gasteiger partial charge in [-0.15, -0.1) is 4.37 Å². The first-order chi connectivity index (χ1) is 11.2. The van der Waals surface area contributed by atoms with Crippen molar-refractivity contribution in [3.05, 3.63) is 41.3 Å². The molecule has 1 aromatic heterocycles. The molecule has 1 aromatic carbocycles. The minimum Gasteiger partial charge on any atom is -0.471 e. The van der Waals surface area contributed by atoms with Crippen LogP contribution in [0.4, 0.5) is 4.39 Å². The van der Waals surface area contributed by atoms with Crippen molar-refractivity contribution in [2.24, 2.45) is 5.92 Å². The van der Waals surface area contributed by atoms with Gasteiger partial charge in [-0.1, -0.05) is 12.1 Å². The molecule has 0 radical (unpaired) electrons. The third-order valence-electron chi connectivity index (χ3n) is 4.77. The number of ether oxygens (including phenoxy) is 1. The van der Waals surface area contributed by atoms with Crippen molar-refractivity contribution < 1.29 is 14.2 Å². The molecule has 0 spiro atoms. The molecule has 2 aliphatic heterocycles. The van der Waals surface area contributed by atoms with E-state index in [9.17, 15) is 9.50 Å². The predicted octanol–water partition coefficient (Wildman–Crippen LogP) is 2.38. The molecule has 2 aliphatic rings. The van der Waals surface area contributed by atoms with Crippen LogP contribution >= 0.6 is 11.7 Å². The van der Waals surface area contributed by atoms with Crippen LogP contribution in [0.3, 0.4) is 0 Å². The van der Waals surface area contributed by atoms with Crippen LogP contribution in [0.5, 0.6) is 5.88 Å². The number of aliphatic hydroxyl groups is 1. The Morgan fingerprint density at radius 1 is 1.22 bits per heavy atom. The summed E-state index contributed by atoms with van der Waals surface area (Å²) in [6.07, 6.45) is 1.76. The number of benzene rings is 1. The summed E-state index contributed by atoms with van der Waals surface area (Å²) in [6.45, 7) is 1.96. The summed E-state index contributed by atoms with van der Waals surface area (Å²) in [5.41, 5.74) is 1.76. The van der Waals surface area contributed by atoms with E-state index in [2.05, 4.69) is 13.6 Å². The molecule has 4 atom stereocenters. The van der Waals surface area contributed by atoms with Crippen LogP contribution in [0.25, 0.3) is 0 Å². The van der Waals surface area contributed by atoms with Gasteiger partial charge in [-0.2, -0.15) is 4.37 Å². The molecule has 0 saturated carbocycles. The Hall–Kier alpha value is -1.57. The third-order valence-corrected chi connectivity index (χ3v) is 5.30. The van der Waals surface area contributed by atoms with Gasteiger partial charge in [0.2, 0.25) is 0 Å². The number of aliphatic hydroxyl groups excluding tert-OH is 1. The number of fused-ring (bicyclic) bond motifs is 2. The molecule has 3 heterocycles. The summed E-state index contributed by atoms with van der Waals surface area (Å²) < 4.78 is 27.5. The van der Waals surface area contributed by atoms with Crippen LogP contribution in [0.1, 0.15) is 30.1 Å². The Morgan fingerprint density at radius 2 is 2.04 bits per heavy atom. The van der Waals surface area contributed by atoms with E-state index in [1.165, 1.54) is 12.1 Å². The number of nitrogens with zero attached hydrogens (tertiary/aromatic N) is 3. The fourth-order valence-electron chi connectivity index (χ4n) is 3.51. The highest BCUT2D eigenvalue weighted by molar-refractivity contribution is 6.99. The van der Waals surface area contributed by atoms with Gasteiger partial charge in [0.05, 0.1) is 23.9 Å². The zero-order valence-electron chi connectivity index (χ0n) is 12.6. The Balaban J connectivity index is 1.47. The van der Waals surface area contributed by atoms with Crippen molar-refractivity contribution in [3.63, 3.8) is 0 Å². The summed E-state index contributed by atoms with van der Waals surface area (Å²) in [4.78, 5) is 2.28. The molecule has 0 amide bonds. The lowest BCUT2D eigenvalue weighted by Gasteiger charge is -2.30. The SMILES string of the molecule is O[C@H]1CN2C[C@H]1CCC2c1nsnc1OCc1ccc(F)cc1. The van der Waals surface area contributed by atoms with Gasteiger partial charge in [0.25, 0.3) is 5.88 Å². The minimum atomic E-state index is -0.255. The maximum atomic E-state index is 12.9. The first kappa shape index (κ1) is 15.0. The number of hydrogen-bond acceptors (Lipinski definition) is 6. The van der Waals surface area contributed by atoms with E-state index in [0.29, 0.717) is 24.9 Å². The van der Waals surface area contributed by atoms with E-state index in [0.717, 1.165) is 42.4 Å². The van der Waals surface area contributed by atoms with Crippen molar-refractivity contribution in [3.8, 4) is 5.88 Å². The van der Waals surface area contributed by atoms with Crippen LogP contribution in [0.15, 0.2) is 24.3 Å². The lowest BCUT2D eigenvalue weighted by Crippen LogP contribution is -2.31. The topological polar surface area (TPSA) is 58.5 Å². The maximum absolute atomic E-state index is 12.9. The van der Waals surface area contributed by atoms with Gasteiger partial charge >= 0.3 is 0 Å². The van der Waals surface area contributed by atoms with Crippen LogP contribution in [0.2, 0.25) is 0 Å². The predicted molar refractivity (Wildman–Crippen MR) is 83.7 cm³/mol. The molecular formula is C16H18FN3O2S. The molecule has 2 aromatic rings. The molecule has 2 bridgehead atoms. The van der Waals surface area contributed by atoms with Gasteiger partial charge in [0.1, 0.15) is 18.1 Å². The summed E-state index contributed by atoms with van der Waals surface area (Å²) in [5, 5.41) is 10.0. The van der Waals surface area contributed by atoms with Crippen molar-refractivity contribution in [1.29, 1.82) is 0 Å². The quantitative estimate of drug-likeness (QED) is 0.930. The molecule has 4 rings (SSSR count). The molecule has 0 aliphatic carbocycles. The molecule has 23 heavy (non-hydrogen) atoms. The summed E-state index contributed by atoms with van der Waals surface area (Å²) in [5.74, 6) is 0.694. The second-order valence-corrected chi connectivity index (χ2v) is 6.77. The van der Waals surface area contributed by atoms with Gasteiger partial charge in [-0.25, -0.2) is 4.39 Å². The smallest absolute Gasteiger partial charge is 0.251 e. The van der Waals surface area contributed by atoms with E-state index in [4.69, 9.17) is 4.74 Å². The zero-order chi connectivity index (χ0) is 15.8. The number of rotatable bonds is 4. The van der Waals surface area contributed by atoms with E-state index < -0.39 is 0 Å². The first-order valence-electron chi connectivity index (χ1n) is 7.82. The number of aromatic nitrogens is 2. The molecular weight excluding hydrogens is 317 g/mol. The molecule has 2 fully saturated rings. The first-order valence-corrected chi connectivity index (χ1v) is 8.55. The molecule has 2 saturated heterocycles. The Kier molecular flexibility index (Phi) is 4.00. The van der Waals surface area contributed by atoms with Gasteiger partial charge in [0.15, 0.2) is 0 Å². The molecule has 122 valence electrons. The molecule has 2 unspecified atom stereocenters. The van der Waals surface area contributed by atoms with E-state index in [-0.39, 0.29) is 18.0 Å². The average Bonchev–Trinajstić information content (AvgIpc) is 3.13. The average molecular weight is 335 g/mol. The third kappa shape index (κ3) is 2.96.